The van der Waals surface area contributed by atoms with E-state index in [1.807, 2.05) is 6.92 Å². The van der Waals surface area contributed by atoms with E-state index in [1.54, 1.807) is 6.92 Å². The van der Waals surface area contributed by atoms with Gasteiger partial charge in [0.05, 0.1) is 0 Å². The predicted molar refractivity (Wildman–Crippen MR) is 59.3 cm³/mol. The number of nitrogens with one attached hydrogen (secondary N) is 1. The number of aromatic carboxylic acids is 1. The van der Waals surface area contributed by atoms with Crippen molar-refractivity contribution >= 4 is 17.7 Å². The van der Waals surface area contributed by atoms with Crippen LogP contribution in [0.4, 0.5) is 5.82 Å². The van der Waals surface area contributed by atoms with Crippen LogP contribution in [0.3, 0.4) is 0 Å². The lowest BCUT2D eigenvalue weighted by Gasteiger charge is -2.10. The fourth-order valence-corrected chi connectivity index (χ4v) is 1.10. The van der Waals surface area contributed by atoms with E-state index < -0.39 is 5.97 Å². The highest BCUT2D eigenvalue weighted by molar-refractivity contribution is 5.99. The molecule has 5 heteroatoms. The summed E-state index contributed by atoms with van der Waals surface area (Å²) in [5, 5.41) is 11.4. The molecule has 0 spiro atoms. The van der Waals surface area contributed by atoms with Crippen molar-refractivity contribution in [1.82, 2.24) is 4.98 Å². The highest BCUT2D eigenvalue weighted by Crippen LogP contribution is 2.13. The molecule has 0 aliphatic carbocycles. The van der Waals surface area contributed by atoms with Gasteiger partial charge in [0.1, 0.15) is 11.4 Å². The van der Waals surface area contributed by atoms with E-state index in [4.69, 9.17) is 5.11 Å². The minimum absolute atomic E-state index is 0.000784. The van der Waals surface area contributed by atoms with Crippen molar-refractivity contribution in [3.63, 3.8) is 0 Å². The van der Waals surface area contributed by atoms with Crippen molar-refractivity contribution in [2.24, 2.45) is 5.92 Å². The maximum Gasteiger partial charge on any atom is 0.339 e. The van der Waals surface area contributed by atoms with Crippen LogP contribution in [0.15, 0.2) is 18.3 Å². The third-order valence-electron chi connectivity index (χ3n) is 2.34. The third-order valence-corrected chi connectivity index (χ3v) is 2.34. The van der Waals surface area contributed by atoms with E-state index in [1.165, 1.54) is 18.3 Å². The molecular formula is C11H14N2O3. The molecule has 0 aliphatic rings. The van der Waals surface area contributed by atoms with E-state index in [0.29, 0.717) is 6.42 Å². The van der Waals surface area contributed by atoms with Gasteiger partial charge < -0.3 is 10.4 Å². The summed E-state index contributed by atoms with van der Waals surface area (Å²) in [6.45, 7) is 3.67. The van der Waals surface area contributed by atoms with Gasteiger partial charge in [-0.25, -0.2) is 9.78 Å². The van der Waals surface area contributed by atoms with Crippen molar-refractivity contribution in [1.29, 1.82) is 0 Å². The standard InChI is InChI=1S/C11H14N2O3/c1-3-7(2)10(14)13-9-8(11(15)16)5-4-6-12-9/h4-7H,3H2,1-2H3,(H,15,16)(H,12,13,14). The molecule has 1 rings (SSSR count). The van der Waals surface area contributed by atoms with Crippen LogP contribution >= 0.6 is 0 Å². The topological polar surface area (TPSA) is 79.3 Å². The van der Waals surface area contributed by atoms with Crippen molar-refractivity contribution < 1.29 is 14.7 Å². The van der Waals surface area contributed by atoms with Crippen LogP contribution in [-0.4, -0.2) is 22.0 Å². The molecule has 86 valence electrons. The van der Waals surface area contributed by atoms with Crippen molar-refractivity contribution in [2.75, 3.05) is 5.32 Å². The zero-order valence-corrected chi connectivity index (χ0v) is 9.23. The number of hydrogen-bond acceptors (Lipinski definition) is 3. The van der Waals surface area contributed by atoms with Gasteiger partial charge >= 0.3 is 5.97 Å². The minimum Gasteiger partial charge on any atom is -0.478 e. The fraction of sp³-hybridized carbons (Fsp3) is 0.364. The molecule has 1 heterocycles. The van der Waals surface area contributed by atoms with E-state index in [0.717, 1.165) is 0 Å². The summed E-state index contributed by atoms with van der Waals surface area (Å²) < 4.78 is 0. The number of carbonyl (C=O) groups excluding carboxylic acids is 1. The second kappa shape index (κ2) is 5.25. The Labute approximate surface area is 93.5 Å². The maximum absolute atomic E-state index is 11.6. The molecule has 1 aromatic heterocycles. The zero-order chi connectivity index (χ0) is 12.1. The van der Waals surface area contributed by atoms with Gasteiger partial charge in [0.25, 0.3) is 0 Å². The largest absolute Gasteiger partial charge is 0.478 e. The lowest BCUT2D eigenvalue weighted by molar-refractivity contribution is -0.119. The molecular weight excluding hydrogens is 208 g/mol. The van der Waals surface area contributed by atoms with Crippen LogP contribution in [0.5, 0.6) is 0 Å². The molecule has 0 aromatic carbocycles. The SMILES string of the molecule is CCC(C)C(=O)Nc1ncccc1C(=O)O. The number of pyridine rings is 1. The Bertz CT molecular complexity index is 404. The first-order valence-electron chi connectivity index (χ1n) is 5.05. The van der Waals surface area contributed by atoms with Crippen molar-refractivity contribution in [2.45, 2.75) is 20.3 Å². The van der Waals surface area contributed by atoms with Crippen LogP contribution in [0.1, 0.15) is 30.6 Å². The summed E-state index contributed by atoms with van der Waals surface area (Å²) in [6.07, 6.45) is 2.14. The molecule has 0 fully saturated rings. The summed E-state index contributed by atoms with van der Waals surface area (Å²) in [4.78, 5) is 26.3. The summed E-state index contributed by atoms with van der Waals surface area (Å²) in [6, 6.07) is 2.92. The summed E-state index contributed by atoms with van der Waals surface area (Å²) >= 11 is 0. The van der Waals surface area contributed by atoms with E-state index in [2.05, 4.69) is 10.3 Å². The van der Waals surface area contributed by atoms with Crippen LogP contribution < -0.4 is 5.32 Å². The number of nitrogens with zero attached hydrogens (tertiary/aromatic N) is 1. The number of aromatic nitrogens is 1. The molecule has 0 radical (unpaired) electrons. The number of carboxylic acid groups (broad SMARTS) is 1. The number of anilines is 1. The number of carbonyl (C=O) groups is 2. The molecule has 0 saturated carbocycles. The summed E-state index contributed by atoms with van der Waals surface area (Å²) in [7, 11) is 0. The number of rotatable bonds is 4. The van der Waals surface area contributed by atoms with Crippen LogP contribution in [0.2, 0.25) is 0 Å². The quantitative estimate of drug-likeness (QED) is 0.813. The van der Waals surface area contributed by atoms with Gasteiger partial charge in [0.2, 0.25) is 5.91 Å². The Hall–Kier alpha value is -1.91. The minimum atomic E-state index is -1.10. The molecule has 0 aliphatic heterocycles. The highest BCUT2D eigenvalue weighted by Gasteiger charge is 2.16. The van der Waals surface area contributed by atoms with E-state index in [-0.39, 0.29) is 23.2 Å². The average molecular weight is 222 g/mol. The Morgan fingerprint density at radius 2 is 2.25 bits per heavy atom. The van der Waals surface area contributed by atoms with Gasteiger partial charge in [0, 0.05) is 12.1 Å². The molecule has 0 saturated heterocycles. The van der Waals surface area contributed by atoms with Gasteiger partial charge in [0.15, 0.2) is 0 Å². The summed E-state index contributed by atoms with van der Waals surface area (Å²) in [5.41, 5.74) is -0.000784. The number of hydrogen-bond donors (Lipinski definition) is 2. The number of amides is 1. The lowest BCUT2D eigenvalue weighted by atomic mass is 10.1. The highest BCUT2D eigenvalue weighted by atomic mass is 16.4. The summed E-state index contributed by atoms with van der Waals surface area (Å²) in [5.74, 6) is -1.39. The molecule has 1 atom stereocenters. The molecule has 5 nitrogen and oxygen atoms in total. The van der Waals surface area contributed by atoms with Gasteiger partial charge in [-0.15, -0.1) is 0 Å². The van der Waals surface area contributed by atoms with Crippen molar-refractivity contribution in [3.8, 4) is 0 Å². The third kappa shape index (κ3) is 2.79. The molecule has 1 aromatic rings. The molecule has 2 N–H and O–H groups in total. The molecule has 1 amide bonds. The smallest absolute Gasteiger partial charge is 0.339 e. The molecule has 1 unspecified atom stereocenters. The molecule has 16 heavy (non-hydrogen) atoms. The van der Waals surface area contributed by atoms with Crippen molar-refractivity contribution in [3.05, 3.63) is 23.9 Å². The monoisotopic (exact) mass is 222 g/mol. The van der Waals surface area contributed by atoms with Crippen LogP contribution in [0, 0.1) is 5.92 Å². The zero-order valence-electron chi connectivity index (χ0n) is 9.23. The maximum atomic E-state index is 11.6. The first-order chi connectivity index (χ1) is 7.56. The first-order valence-corrected chi connectivity index (χ1v) is 5.05. The second-order valence-corrected chi connectivity index (χ2v) is 3.50. The van der Waals surface area contributed by atoms with Gasteiger partial charge in [-0.3, -0.25) is 4.79 Å². The van der Waals surface area contributed by atoms with Gasteiger partial charge in [-0.05, 0) is 18.6 Å². The second-order valence-electron chi connectivity index (χ2n) is 3.50. The van der Waals surface area contributed by atoms with E-state index in [9.17, 15) is 9.59 Å². The molecule has 0 bridgehead atoms. The predicted octanol–water partition coefficient (Wildman–Crippen LogP) is 1.76. The fourth-order valence-electron chi connectivity index (χ4n) is 1.10. The lowest BCUT2D eigenvalue weighted by Crippen LogP contribution is -2.21. The Morgan fingerprint density at radius 3 is 2.81 bits per heavy atom. The Kier molecular flexibility index (Phi) is 3.99. The van der Waals surface area contributed by atoms with Crippen LogP contribution in [-0.2, 0) is 4.79 Å². The van der Waals surface area contributed by atoms with Crippen LogP contribution in [0.25, 0.3) is 0 Å². The van der Waals surface area contributed by atoms with E-state index >= 15 is 0 Å². The average Bonchev–Trinajstić information content (AvgIpc) is 2.28. The number of carboxylic acids is 1. The normalized spacial score (nSPS) is 11.9. The Balaban J connectivity index is 2.89. The first kappa shape index (κ1) is 12.2. The van der Waals surface area contributed by atoms with Gasteiger partial charge in [-0.1, -0.05) is 13.8 Å². The Morgan fingerprint density at radius 1 is 1.56 bits per heavy atom. The van der Waals surface area contributed by atoms with Gasteiger partial charge in [-0.2, -0.15) is 0 Å².